The van der Waals surface area contributed by atoms with Crippen molar-refractivity contribution in [2.75, 3.05) is 37.7 Å². The van der Waals surface area contributed by atoms with Crippen LogP contribution in [0.4, 0.5) is 5.13 Å². The molecule has 2 aliphatic heterocycles. The molecular weight excluding hydrogens is 342 g/mol. The lowest BCUT2D eigenvalue weighted by molar-refractivity contribution is 0.198. The number of para-hydroxylation sites is 1. The van der Waals surface area contributed by atoms with E-state index in [1.807, 2.05) is 0 Å². The van der Waals surface area contributed by atoms with E-state index in [9.17, 15) is 0 Å². The fraction of sp³-hybridized carbons (Fsp3) is 0.381. The van der Waals surface area contributed by atoms with Crippen LogP contribution in [0, 0.1) is 0 Å². The zero-order chi connectivity index (χ0) is 17.5. The molecule has 0 N–H and O–H groups in total. The molecule has 134 valence electrons. The van der Waals surface area contributed by atoms with Gasteiger partial charge in [-0.3, -0.25) is 4.90 Å². The number of aromatic nitrogens is 1. The summed E-state index contributed by atoms with van der Waals surface area (Å²) in [5.74, 6) is 1.09. The van der Waals surface area contributed by atoms with Crippen molar-refractivity contribution in [1.82, 2.24) is 9.88 Å². The normalized spacial score (nSPS) is 18.7. The van der Waals surface area contributed by atoms with E-state index in [1.165, 1.54) is 15.8 Å². The molecule has 3 aromatic rings. The Morgan fingerprint density at radius 1 is 1.08 bits per heavy atom. The van der Waals surface area contributed by atoms with E-state index >= 15 is 0 Å². The SMILES string of the molecule is CC(c1ccc2c(c1)OCC2)N1CCN(c2nc3ccccc3s2)CC1. The van der Waals surface area contributed by atoms with Gasteiger partial charge in [-0.1, -0.05) is 35.6 Å². The Morgan fingerprint density at radius 3 is 2.77 bits per heavy atom. The molecule has 1 fully saturated rings. The molecule has 26 heavy (non-hydrogen) atoms. The van der Waals surface area contributed by atoms with E-state index in [0.717, 1.165) is 55.6 Å². The molecule has 2 aromatic carbocycles. The lowest BCUT2D eigenvalue weighted by atomic mass is 10.0. The highest BCUT2D eigenvalue weighted by Crippen LogP contribution is 2.33. The summed E-state index contributed by atoms with van der Waals surface area (Å²) in [6.45, 7) is 7.33. The molecule has 3 heterocycles. The average Bonchev–Trinajstić information content (AvgIpc) is 3.33. The summed E-state index contributed by atoms with van der Waals surface area (Å²) in [6.07, 6.45) is 1.05. The van der Waals surface area contributed by atoms with Gasteiger partial charge in [0.2, 0.25) is 0 Å². The van der Waals surface area contributed by atoms with Crippen LogP contribution in [0.1, 0.15) is 24.1 Å². The first-order valence-corrected chi connectivity index (χ1v) is 10.2. The average molecular weight is 366 g/mol. The third-order valence-corrected chi connectivity index (χ3v) is 6.71. The minimum atomic E-state index is 0.419. The second-order valence-electron chi connectivity index (χ2n) is 7.13. The highest BCUT2D eigenvalue weighted by atomic mass is 32.1. The van der Waals surface area contributed by atoms with Crippen molar-refractivity contribution < 1.29 is 4.74 Å². The van der Waals surface area contributed by atoms with E-state index in [0.29, 0.717) is 6.04 Å². The minimum absolute atomic E-state index is 0.419. The van der Waals surface area contributed by atoms with Gasteiger partial charge in [0.15, 0.2) is 5.13 Å². The molecule has 5 heteroatoms. The van der Waals surface area contributed by atoms with Crippen LogP contribution in [-0.4, -0.2) is 42.7 Å². The van der Waals surface area contributed by atoms with Crippen LogP contribution in [-0.2, 0) is 6.42 Å². The van der Waals surface area contributed by atoms with Gasteiger partial charge >= 0.3 is 0 Å². The number of ether oxygens (including phenoxy) is 1. The van der Waals surface area contributed by atoms with Crippen molar-refractivity contribution >= 4 is 26.7 Å². The predicted molar refractivity (Wildman–Crippen MR) is 107 cm³/mol. The molecule has 0 spiro atoms. The van der Waals surface area contributed by atoms with Crippen molar-refractivity contribution in [2.45, 2.75) is 19.4 Å². The lowest BCUT2D eigenvalue weighted by Gasteiger charge is -2.38. The number of anilines is 1. The van der Waals surface area contributed by atoms with Crippen LogP contribution in [0.15, 0.2) is 42.5 Å². The molecule has 0 saturated carbocycles. The molecule has 1 saturated heterocycles. The van der Waals surface area contributed by atoms with E-state index in [1.54, 1.807) is 11.3 Å². The summed E-state index contributed by atoms with van der Waals surface area (Å²) in [4.78, 5) is 9.81. The number of thiazole rings is 1. The van der Waals surface area contributed by atoms with Crippen LogP contribution in [0.25, 0.3) is 10.2 Å². The molecule has 0 aliphatic carbocycles. The van der Waals surface area contributed by atoms with Crippen molar-refractivity contribution in [3.8, 4) is 5.75 Å². The summed E-state index contributed by atoms with van der Waals surface area (Å²) in [5, 5.41) is 1.16. The Kier molecular flexibility index (Phi) is 4.06. The number of hydrogen-bond acceptors (Lipinski definition) is 5. The van der Waals surface area contributed by atoms with Gasteiger partial charge in [-0.25, -0.2) is 4.98 Å². The zero-order valence-corrected chi connectivity index (χ0v) is 15.8. The topological polar surface area (TPSA) is 28.6 Å². The Labute approximate surface area is 158 Å². The number of rotatable bonds is 3. The molecule has 1 aromatic heterocycles. The van der Waals surface area contributed by atoms with Crippen molar-refractivity contribution in [3.05, 3.63) is 53.6 Å². The molecule has 0 bridgehead atoms. The first-order valence-electron chi connectivity index (χ1n) is 9.38. The zero-order valence-electron chi connectivity index (χ0n) is 15.0. The number of fused-ring (bicyclic) bond motifs is 2. The summed E-state index contributed by atoms with van der Waals surface area (Å²) >= 11 is 1.80. The van der Waals surface area contributed by atoms with E-state index < -0.39 is 0 Å². The molecule has 4 nitrogen and oxygen atoms in total. The first kappa shape index (κ1) is 16.1. The first-order chi connectivity index (χ1) is 12.8. The van der Waals surface area contributed by atoms with Crippen molar-refractivity contribution in [3.63, 3.8) is 0 Å². The highest BCUT2D eigenvalue weighted by Gasteiger charge is 2.25. The maximum atomic E-state index is 5.75. The summed E-state index contributed by atoms with van der Waals surface area (Å²) in [7, 11) is 0. The number of piperazine rings is 1. The third kappa shape index (κ3) is 2.85. The summed E-state index contributed by atoms with van der Waals surface area (Å²) < 4.78 is 7.02. The smallest absolute Gasteiger partial charge is 0.186 e. The van der Waals surface area contributed by atoms with Crippen LogP contribution < -0.4 is 9.64 Å². The Hall–Kier alpha value is -2.11. The van der Waals surface area contributed by atoms with Gasteiger partial charge in [-0.05, 0) is 36.2 Å². The molecular formula is C21H23N3OS. The predicted octanol–water partition coefficient (Wildman–Crippen LogP) is 4.11. The molecule has 0 amide bonds. The monoisotopic (exact) mass is 365 g/mol. The fourth-order valence-electron chi connectivity index (χ4n) is 3.95. The van der Waals surface area contributed by atoms with E-state index in [2.05, 4.69) is 59.2 Å². The second-order valence-corrected chi connectivity index (χ2v) is 8.14. The second kappa shape index (κ2) is 6.56. The van der Waals surface area contributed by atoms with E-state index in [-0.39, 0.29) is 0 Å². The standard InChI is InChI=1S/C21H23N3OS/c1-15(17-7-6-16-8-13-25-19(16)14-17)23-9-11-24(12-10-23)21-22-18-4-2-3-5-20(18)26-21/h2-7,14-15H,8-13H2,1H3. The Bertz CT molecular complexity index is 897. The van der Waals surface area contributed by atoms with Crippen molar-refractivity contribution in [2.24, 2.45) is 0 Å². The van der Waals surface area contributed by atoms with Crippen LogP contribution in [0.3, 0.4) is 0 Å². The molecule has 1 unspecified atom stereocenters. The fourth-order valence-corrected chi connectivity index (χ4v) is 4.97. The van der Waals surface area contributed by atoms with Crippen LogP contribution in [0.2, 0.25) is 0 Å². The highest BCUT2D eigenvalue weighted by molar-refractivity contribution is 7.22. The maximum absolute atomic E-state index is 5.75. The quantitative estimate of drug-likeness (QED) is 0.698. The van der Waals surface area contributed by atoms with Crippen molar-refractivity contribution in [1.29, 1.82) is 0 Å². The van der Waals surface area contributed by atoms with Gasteiger partial charge in [0.25, 0.3) is 0 Å². The number of hydrogen-bond donors (Lipinski definition) is 0. The molecule has 1 atom stereocenters. The van der Waals surface area contributed by atoms with Gasteiger partial charge in [0.1, 0.15) is 5.75 Å². The maximum Gasteiger partial charge on any atom is 0.186 e. The molecule has 0 radical (unpaired) electrons. The Balaban J connectivity index is 1.27. The molecule has 2 aliphatic rings. The van der Waals surface area contributed by atoms with Gasteiger partial charge in [0.05, 0.1) is 16.8 Å². The van der Waals surface area contributed by atoms with E-state index in [4.69, 9.17) is 9.72 Å². The summed E-state index contributed by atoms with van der Waals surface area (Å²) in [6, 6.07) is 15.6. The Morgan fingerprint density at radius 2 is 1.92 bits per heavy atom. The van der Waals surface area contributed by atoms with Crippen LogP contribution >= 0.6 is 11.3 Å². The number of nitrogens with zero attached hydrogens (tertiary/aromatic N) is 3. The summed E-state index contributed by atoms with van der Waals surface area (Å²) in [5.41, 5.74) is 3.82. The van der Waals surface area contributed by atoms with Gasteiger partial charge < -0.3 is 9.64 Å². The van der Waals surface area contributed by atoms with Gasteiger partial charge in [-0.2, -0.15) is 0 Å². The largest absolute Gasteiger partial charge is 0.493 e. The molecule has 5 rings (SSSR count). The minimum Gasteiger partial charge on any atom is -0.493 e. The van der Waals surface area contributed by atoms with Gasteiger partial charge in [0, 0.05) is 38.6 Å². The van der Waals surface area contributed by atoms with Crippen LogP contribution in [0.5, 0.6) is 5.75 Å². The lowest BCUT2D eigenvalue weighted by Crippen LogP contribution is -2.47. The third-order valence-electron chi connectivity index (χ3n) is 5.62. The van der Waals surface area contributed by atoms with Gasteiger partial charge in [-0.15, -0.1) is 0 Å². The number of benzene rings is 2.